The Morgan fingerprint density at radius 1 is 1.36 bits per heavy atom. The summed E-state index contributed by atoms with van der Waals surface area (Å²) in [6.45, 7) is 1.87. The minimum absolute atomic E-state index is 0.233. The van der Waals surface area contributed by atoms with Gasteiger partial charge in [0.05, 0.1) is 23.3 Å². The lowest BCUT2D eigenvalue weighted by atomic mass is 10.1. The van der Waals surface area contributed by atoms with Crippen molar-refractivity contribution in [2.45, 2.75) is 18.9 Å². The minimum atomic E-state index is -0.390. The van der Waals surface area contributed by atoms with Crippen molar-refractivity contribution < 1.29 is 9.18 Å². The third-order valence-electron chi connectivity index (χ3n) is 4.49. The normalized spacial score (nSPS) is 15.6. The van der Waals surface area contributed by atoms with Gasteiger partial charge in [0.25, 0.3) is 5.91 Å². The highest BCUT2D eigenvalue weighted by molar-refractivity contribution is 6.02. The number of imidazole rings is 1. The molecule has 0 unspecified atom stereocenters. The summed E-state index contributed by atoms with van der Waals surface area (Å²) in [5.74, 6) is -0.422. The molecule has 1 aliphatic rings. The predicted molar refractivity (Wildman–Crippen MR) is 89.8 cm³/mol. The minimum Gasteiger partial charge on any atom is -0.317 e. The Morgan fingerprint density at radius 2 is 2.16 bits per heavy atom. The average Bonchev–Trinajstić information content (AvgIpc) is 3.22. The smallest absolute Gasteiger partial charge is 0.280 e. The summed E-state index contributed by atoms with van der Waals surface area (Å²) in [5, 5.41) is 14.1. The highest BCUT2D eigenvalue weighted by Crippen LogP contribution is 2.20. The van der Waals surface area contributed by atoms with Gasteiger partial charge in [-0.15, -0.1) is 5.10 Å². The topological polar surface area (TPSA) is 89.7 Å². The number of hydrogen-bond donors (Lipinski definition) is 2. The van der Waals surface area contributed by atoms with Gasteiger partial charge in [0.2, 0.25) is 5.95 Å². The number of carbonyl (C=O) groups excluding carboxylic acids is 1. The zero-order valence-corrected chi connectivity index (χ0v) is 13.7. The molecule has 130 valence electrons. The first-order chi connectivity index (χ1) is 12.1. The van der Waals surface area contributed by atoms with Gasteiger partial charge in [-0.1, -0.05) is 5.21 Å². The van der Waals surface area contributed by atoms with Crippen molar-refractivity contribution in [3.05, 3.63) is 35.9 Å². The quantitative estimate of drug-likeness (QED) is 0.752. The highest BCUT2D eigenvalue weighted by atomic mass is 19.1. The Hall–Kier alpha value is -2.81. The molecule has 4 rings (SSSR count). The van der Waals surface area contributed by atoms with E-state index in [2.05, 4.69) is 25.9 Å². The molecule has 2 aromatic heterocycles. The van der Waals surface area contributed by atoms with Crippen molar-refractivity contribution >= 4 is 22.9 Å². The number of rotatable bonds is 3. The first-order valence-corrected chi connectivity index (χ1v) is 8.18. The van der Waals surface area contributed by atoms with Gasteiger partial charge in [-0.2, -0.15) is 0 Å². The maximum atomic E-state index is 13.3. The van der Waals surface area contributed by atoms with Crippen LogP contribution in [0.3, 0.4) is 0 Å². The molecule has 0 atom stereocenters. The zero-order chi connectivity index (χ0) is 17.4. The van der Waals surface area contributed by atoms with Crippen LogP contribution in [0.5, 0.6) is 0 Å². The molecule has 1 aromatic carbocycles. The van der Waals surface area contributed by atoms with Crippen molar-refractivity contribution in [2.24, 2.45) is 7.05 Å². The van der Waals surface area contributed by atoms with Crippen molar-refractivity contribution in [3.63, 3.8) is 0 Å². The Balaban J connectivity index is 1.54. The van der Waals surface area contributed by atoms with E-state index >= 15 is 0 Å². The number of nitrogens with zero attached hydrogens (tertiary/aromatic N) is 5. The van der Waals surface area contributed by atoms with E-state index in [1.54, 1.807) is 28.6 Å². The van der Waals surface area contributed by atoms with Crippen molar-refractivity contribution in [1.82, 2.24) is 29.9 Å². The standard InChI is InChI=1S/C16H18FN7O/c1-23-14-3-2-10(17)8-12(14)19-16(23)20-15(25)13-9-24(22-21-13)11-4-6-18-7-5-11/h2-3,8-9,11,18H,4-7H2,1H3,(H,19,20,25). The summed E-state index contributed by atoms with van der Waals surface area (Å²) in [6.07, 6.45) is 3.58. The number of nitrogens with one attached hydrogen (secondary N) is 2. The molecule has 0 bridgehead atoms. The van der Waals surface area contributed by atoms with E-state index in [0.717, 1.165) is 31.4 Å². The van der Waals surface area contributed by atoms with Gasteiger partial charge in [-0.25, -0.2) is 14.1 Å². The molecule has 0 saturated carbocycles. The lowest BCUT2D eigenvalue weighted by molar-refractivity contribution is 0.102. The van der Waals surface area contributed by atoms with Crippen LogP contribution in [0.4, 0.5) is 10.3 Å². The van der Waals surface area contributed by atoms with Crippen LogP contribution in [-0.2, 0) is 7.05 Å². The number of aryl methyl sites for hydroxylation is 1. The molecule has 3 aromatic rings. The van der Waals surface area contributed by atoms with Crippen LogP contribution >= 0.6 is 0 Å². The molecule has 1 aliphatic heterocycles. The Bertz CT molecular complexity index is 926. The number of halogens is 1. The lowest BCUT2D eigenvalue weighted by Crippen LogP contribution is -2.29. The summed E-state index contributed by atoms with van der Waals surface area (Å²) in [7, 11) is 1.76. The predicted octanol–water partition coefficient (Wildman–Crippen LogP) is 1.48. The van der Waals surface area contributed by atoms with E-state index in [9.17, 15) is 9.18 Å². The molecule has 0 aliphatic carbocycles. The molecule has 1 amide bonds. The summed E-state index contributed by atoms with van der Waals surface area (Å²) in [5.41, 5.74) is 1.45. The number of fused-ring (bicyclic) bond motifs is 1. The molecule has 3 heterocycles. The van der Waals surface area contributed by atoms with Gasteiger partial charge in [0.15, 0.2) is 5.69 Å². The molecular formula is C16H18FN7O. The fourth-order valence-electron chi connectivity index (χ4n) is 3.08. The first kappa shape index (κ1) is 15.7. The Morgan fingerprint density at radius 3 is 2.96 bits per heavy atom. The van der Waals surface area contributed by atoms with Crippen molar-refractivity contribution in [2.75, 3.05) is 18.4 Å². The monoisotopic (exact) mass is 343 g/mol. The second-order valence-electron chi connectivity index (χ2n) is 6.15. The van der Waals surface area contributed by atoms with E-state index in [1.165, 1.54) is 12.1 Å². The van der Waals surface area contributed by atoms with E-state index in [0.29, 0.717) is 11.5 Å². The number of piperidine rings is 1. The number of amides is 1. The van der Waals surface area contributed by atoms with Crippen LogP contribution < -0.4 is 10.6 Å². The summed E-state index contributed by atoms with van der Waals surface area (Å²) in [6, 6.07) is 4.58. The number of anilines is 1. The van der Waals surface area contributed by atoms with Crippen LogP contribution in [0.15, 0.2) is 24.4 Å². The lowest BCUT2D eigenvalue weighted by Gasteiger charge is -2.22. The van der Waals surface area contributed by atoms with Gasteiger partial charge in [-0.05, 0) is 38.1 Å². The molecule has 1 saturated heterocycles. The van der Waals surface area contributed by atoms with Gasteiger partial charge in [0.1, 0.15) is 5.82 Å². The van der Waals surface area contributed by atoms with Crippen LogP contribution in [0.1, 0.15) is 29.4 Å². The molecule has 2 N–H and O–H groups in total. The SMILES string of the molecule is Cn1c(NC(=O)c2cn(C3CCNCC3)nn2)nc2cc(F)ccc21. The average molecular weight is 343 g/mol. The molecular weight excluding hydrogens is 325 g/mol. The van der Waals surface area contributed by atoms with Crippen LogP contribution in [0.25, 0.3) is 11.0 Å². The summed E-state index contributed by atoms with van der Waals surface area (Å²) in [4.78, 5) is 16.7. The Labute approximate surface area is 143 Å². The molecule has 1 fully saturated rings. The molecule has 0 radical (unpaired) electrons. The zero-order valence-electron chi connectivity index (χ0n) is 13.7. The van der Waals surface area contributed by atoms with Crippen molar-refractivity contribution in [1.29, 1.82) is 0 Å². The fourth-order valence-corrected chi connectivity index (χ4v) is 3.08. The van der Waals surface area contributed by atoms with E-state index in [-0.39, 0.29) is 23.5 Å². The van der Waals surface area contributed by atoms with Crippen LogP contribution in [0.2, 0.25) is 0 Å². The third kappa shape index (κ3) is 2.98. The molecule has 9 heteroatoms. The number of carbonyl (C=O) groups is 1. The van der Waals surface area contributed by atoms with E-state index in [4.69, 9.17) is 0 Å². The fraction of sp³-hybridized carbons (Fsp3) is 0.375. The molecule has 25 heavy (non-hydrogen) atoms. The Kier molecular flexibility index (Phi) is 3.92. The van der Waals surface area contributed by atoms with Gasteiger partial charge < -0.3 is 9.88 Å². The summed E-state index contributed by atoms with van der Waals surface area (Å²) >= 11 is 0. The second kappa shape index (κ2) is 6.25. The first-order valence-electron chi connectivity index (χ1n) is 8.18. The molecule has 8 nitrogen and oxygen atoms in total. The second-order valence-corrected chi connectivity index (χ2v) is 6.15. The van der Waals surface area contributed by atoms with Crippen LogP contribution in [0, 0.1) is 5.82 Å². The molecule has 0 spiro atoms. The van der Waals surface area contributed by atoms with E-state index < -0.39 is 0 Å². The largest absolute Gasteiger partial charge is 0.317 e. The maximum absolute atomic E-state index is 13.3. The van der Waals surface area contributed by atoms with Gasteiger partial charge in [0, 0.05) is 13.1 Å². The number of aromatic nitrogens is 5. The third-order valence-corrected chi connectivity index (χ3v) is 4.49. The van der Waals surface area contributed by atoms with Crippen molar-refractivity contribution in [3.8, 4) is 0 Å². The number of benzene rings is 1. The van der Waals surface area contributed by atoms with Gasteiger partial charge >= 0.3 is 0 Å². The summed E-state index contributed by atoms with van der Waals surface area (Å²) < 4.78 is 16.8. The maximum Gasteiger partial charge on any atom is 0.280 e. The van der Waals surface area contributed by atoms with Crippen LogP contribution in [-0.4, -0.2) is 43.5 Å². The van der Waals surface area contributed by atoms with E-state index in [1.807, 2.05) is 0 Å². The van der Waals surface area contributed by atoms with Gasteiger partial charge in [-0.3, -0.25) is 10.1 Å². The number of hydrogen-bond acceptors (Lipinski definition) is 5. The highest BCUT2D eigenvalue weighted by Gasteiger charge is 2.20.